The van der Waals surface area contributed by atoms with Crippen molar-refractivity contribution in [2.75, 3.05) is 6.61 Å². The molecule has 2 N–H and O–H groups in total. The lowest BCUT2D eigenvalue weighted by atomic mass is 10.1. The fraction of sp³-hybridized carbons (Fsp3) is 0.385. The van der Waals surface area contributed by atoms with Crippen LogP contribution >= 0.6 is 0 Å². The lowest BCUT2D eigenvalue weighted by Crippen LogP contribution is -2.01. The standard InChI is InChI=1S/C13H17NO2/c1-2-7-15-9-11-10-5-3-4-6-12(10)16-13(11)8-14/h3-6H,2,7-9,14H2,1H3. The fourth-order valence-electron chi connectivity index (χ4n) is 1.79. The van der Waals surface area contributed by atoms with Crippen LogP contribution in [0.4, 0.5) is 0 Å². The Morgan fingerprint density at radius 2 is 2.12 bits per heavy atom. The van der Waals surface area contributed by atoms with Crippen LogP contribution in [0, 0.1) is 0 Å². The molecule has 0 atom stereocenters. The van der Waals surface area contributed by atoms with Gasteiger partial charge in [0.15, 0.2) is 0 Å². The van der Waals surface area contributed by atoms with Crippen molar-refractivity contribution in [2.45, 2.75) is 26.5 Å². The molecule has 0 aliphatic heterocycles. The Bertz CT molecular complexity index is 462. The predicted molar refractivity (Wildman–Crippen MR) is 64.1 cm³/mol. The van der Waals surface area contributed by atoms with E-state index in [1.54, 1.807) is 0 Å². The van der Waals surface area contributed by atoms with Crippen LogP contribution in [-0.4, -0.2) is 6.61 Å². The molecule has 0 radical (unpaired) electrons. The summed E-state index contributed by atoms with van der Waals surface area (Å²) in [6.45, 7) is 3.86. The zero-order valence-corrected chi connectivity index (χ0v) is 9.53. The molecule has 3 nitrogen and oxygen atoms in total. The van der Waals surface area contributed by atoms with Crippen LogP contribution < -0.4 is 5.73 Å². The highest BCUT2D eigenvalue weighted by atomic mass is 16.5. The summed E-state index contributed by atoms with van der Waals surface area (Å²) >= 11 is 0. The van der Waals surface area contributed by atoms with E-state index < -0.39 is 0 Å². The molecule has 3 heteroatoms. The normalized spacial score (nSPS) is 11.1. The summed E-state index contributed by atoms with van der Waals surface area (Å²) in [5.74, 6) is 0.831. The molecule has 0 saturated heterocycles. The minimum Gasteiger partial charge on any atom is -0.459 e. The van der Waals surface area contributed by atoms with Crippen molar-refractivity contribution < 1.29 is 9.15 Å². The zero-order valence-electron chi connectivity index (χ0n) is 9.53. The Morgan fingerprint density at radius 3 is 2.88 bits per heavy atom. The highest BCUT2D eigenvalue weighted by molar-refractivity contribution is 5.82. The number of para-hydroxylation sites is 1. The Morgan fingerprint density at radius 1 is 1.31 bits per heavy atom. The average Bonchev–Trinajstić information content (AvgIpc) is 2.68. The number of hydrogen-bond donors (Lipinski definition) is 1. The molecule has 16 heavy (non-hydrogen) atoms. The molecule has 0 saturated carbocycles. The van der Waals surface area contributed by atoms with Crippen molar-refractivity contribution >= 4 is 11.0 Å². The van der Waals surface area contributed by atoms with Crippen molar-refractivity contribution in [1.29, 1.82) is 0 Å². The number of ether oxygens (including phenoxy) is 1. The van der Waals surface area contributed by atoms with Crippen molar-refractivity contribution in [2.24, 2.45) is 5.73 Å². The van der Waals surface area contributed by atoms with E-state index in [0.717, 1.165) is 35.3 Å². The van der Waals surface area contributed by atoms with Crippen LogP contribution in [0.15, 0.2) is 28.7 Å². The van der Waals surface area contributed by atoms with Crippen molar-refractivity contribution in [3.05, 3.63) is 35.6 Å². The number of fused-ring (bicyclic) bond motifs is 1. The minimum absolute atomic E-state index is 0.416. The lowest BCUT2D eigenvalue weighted by Gasteiger charge is -2.02. The van der Waals surface area contributed by atoms with Gasteiger partial charge in [-0.05, 0) is 12.5 Å². The Labute approximate surface area is 95.2 Å². The first-order valence-electron chi connectivity index (χ1n) is 5.64. The van der Waals surface area contributed by atoms with Crippen LogP contribution in [0.5, 0.6) is 0 Å². The number of benzene rings is 1. The monoisotopic (exact) mass is 219 g/mol. The van der Waals surface area contributed by atoms with Gasteiger partial charge in [0, 0.05) is 17.6 Å². The molecule has 2 rings (SSSR count). The number of furan rings is 1. The van der Waals surface area contributed by atoms with Gasteiger partial charge in [-0.2, -0.15) is 0 Å². The van der Waals surface area contributed by atoms with E-state index in [9.17, 15) is 0 Å². The maximum absolute atomic E-state index is 5.67. The third-order valence-electron chi connectivity index (χ3n) is 2.56. The van der Waals surface area contributed by atoms with Gasteiger partial charge in [0.2, 0.25) is 0 Å². The smallest absolute Gasteiger partial charge is 0.134 e. The van der Waals surface area contributed by atoms with Crippen LogP contribution in [0.3, 0.4) is 0 Å². The van der Waals surface area contributed by atoms with E-state index in [4.69, 9.17) is 14.9 Å². The Hall–Kier alpha value is -1.32. The van der Waals surface area contributed by atoms with E-state index in [-0.39, 0.29) is 0 Å². The molecule has 0 bridgehead atoms. The topological polar surface area (TPSA) is 48.4 Å². The molecule has 1 aromatic heterocycles. The van der Waals surface area contributed by atoms with Gasteiger partial charge >= 0.3 is 0 Å². The summed E-state index contributed by atoms with van der Waals surface area (Å²) < 4.78 is 11.2. The quantitative estimate of drug-likeness (QED) is 0.786. The van der Waals surface area contributed by atoms with Gasteiger partial charge < -0.3 is 14.9 Å². The second kappa shape index (κ2) is 5.14. The van der Waals surface area contributed by atoms with Gasteiger partial charge in [-0.15, -0.1) is 0 Å². The van der Waals surface area contributed by atoms with E-state index in [0.29, 0.717) is 13.2 Å². The zero-order chi connectivity index (χ0) is 11.4. The Balaban J connectivity index is 2.32. The maximum atomic E-state index is 5.67. The van der Waals surface area contributed by atoms with Crippen LogP contribution in [0.25, 0.3) is 11.0 Å². The molecule has 0 amide bonds. The summed E-state index contributed by atoms with van der Waals surface area (Å²) in [5, 5.41) is 1.11. The summed E-state index contributed by atoms with van der Waals surface area (Å²) in [5.41, 5.74) is 7.65. The molecule has 86 valence electrons. The highest BCUT2D eigenvalue weighted by Crippen LogP contribution is 2.26. The molecular formula is C13H17NO2. The fourth-order valence-corrected chi connectivity index (χ4v) is 1.79. The van der Waals surface area contributed by atoms with Crippen LogP contribution in [0.2, 0.25) is 0 Å². The second-order valence-corrected chi connectivity index (χ2v) is 3.76. The summed E-state index contributed by atoms with van der Waals surface area (Å²) in [6.07, 6.45) is 1.02. The number of rotatable bonds is 5. The van der Waals surface area contributed by atoms with Crippen LogP contribution in [-0.2, 0) is 17.9 Å². The first-order chi connectivity index (χ1) is 7.86. The molecule has 0 aliphatic rings. The van der Waals surface area contributed by atoms with E-state index >= 15 is 0 Å². The van der Waals surface area contributed by atoms with E-state index in [1.165, 1.54) is 0 Å². The largest absolute Gasteiger partial charge is 0.459 e. The van der Waals surface area contributed by atoms with Gasteiger partial charge in [0.05, 0.1) is 13.2 Å². The molecule has 0 fully saturated rings. The maximum Gasteiger partial charge on any atom is 0.134 e. The molecule has 1 aromatic carbocycles. The van der Waals surface area contributed by atoms with Gasteiger partial charge in [-0.25, -0.2) is 0 Å². The van der Waals surface area contributed by atoms with Crippen molar-refractivity contribution in [3.8, 4) is 0 Å². The van der Waals surface area contributed by atoms with Gasteiger partial charge in [0.1, 0.15) is 11.3 Å². The average molecular weight is 219 g/mol. The molecule has 1 heterocycles. The van der Waals surface area contributed by atoms with Crippen molar-refractivity contribution in [1.82, 2.24) is 0 Å². The third-order valence-corrected chi connectivity index (χ3v) is 2.56. The molecule has 0 spiro atoms. The SMILES string of the molecule is CCCOCc1c(CN)oc2ccccc12. The molecule has 0 aliphatic carbocycles. The highest BCUT2D eigenvalue weighted by Gasteiger charge is 2.12. The third kappa shape index (κ3) is 2.10. The molecule has 0 unspecified atom stereocenters. The van der Waals surface area contributed by atoms with Gasteiger partial charge in [-0.1, -0.05) is 25.1 Å². The van der Waals surface area contributed by atoms with E-state index in [1.807, 2.05) is 24.3 Å². The molecule has 2 aromatic rings. The van der Waals surface area contributed by atoms with Gasteiger partial charge in [0.25, 0.3) is 0 Å². The van der Waals surface area contributed by atoms with Gasteiger partial charge in [-0.3, -0.25) is 0 Å². The first-order valence-corrected chi connectivity index (χ1v) is 5.64. The summed E-state index contributed by atoms with van der Waals surface area (Å²) in [6, 6.07) is 7.96. The van der Waals surface area contributed by atoms with E-state index in [2.05, 4.69) is 6.92 Å². The summed E-state index contributed by atoms with van der Waals surface area (Å²) in [4.78, 5) is 0. The van der Waals surface area contributed by atoms with Crippen molar-refractivity contribution in [3.63, 3.8) is 0 Å². The first kappa shape index (κ1) is 11.2. The minimum atomic E-state index is 0.416. The molecular weight excluding hydrogens is 202 g/mol. The predicted octanol–water partition coefficient (Wildman–Crippen LogP) is 2.82. The Kier molecular flexibility index (Phi) is 3.59. The number of nitrogens with two attached hydrogens (primary N) is 1. The van der Waals surface area contributed by atoms with Crippen LogP contribution in [0.1, 0.15) is 24.7 Å². The summed E-state index contributed by atoms with van der Waals surface area (Å²) in [7, 11) is 0. The lowest BCUT2D eigenvalue weighted by molar-refractivity contribution is 0.121. The second-order valence-electron chi connectivity index (χ2n) is 3.76. The number of hydrogen-bond acceptors (Lipinski definition) is 3.